The number of aldehydes is 1. The number of nitrogens with zero attached hydrogens (tertiary/aromatic N) is 4. The average molecular weight is 244 g/mol. The van der Waals surface area contributed by atoms with Gasteiger partial charge in [0.15, 0.2) is 11.9 Å². The number of hydrogen-bond donors (Lipinski definition) is 0. The fourth-order valence-corrected chi connectivity index (χ4v) is 1.71. The lowest BCUT2D eigenvalue weighted by Gasteiger charge is -1.99. The summed E-state index contributed by atoms with van der Waals surface area (Å²) in [5, 5.41) is 7.49. The van der Waals surface area contributed by atoms with Gasteiger partial charge in [-0.2, -0.15) is 0 Å². The number of oxazole rings is 1. The third-order valence-electron chi connectivity index (χ3n) is 2.67. The molecule has 0 atom stereocenters. The molecule has 1 aromatic carbocycles. The molecule has 7 heteroatoms. The quantitative estimate of drug-likeness (QED) is 0.614. The van der Waals surface area contributed by atoms with E-state index in [1.54, 1.807) is 25.2 Å². The van der Waals surface area contributed by atoms with Crippen LogP contribution in [0, 0.1) is 0 Å². The molecule has 2 heterocycles. The van der Waals surface area contributed by atoms with Crippen molar-refractivity contribution in [3.8, 4) is 5.69 Å². The Hall–Kier alpha value is -2.70. The summed E-state index contributed by atoms with van der Waals surface area (Å²) in [6.07, 6.45) is 2.13. The first kappa shape index (κ1) is 10.5. The number of benzene rings is 1. The average Bonchev–Trinajstić information content (AvgIpc) is 2.96. The Morgan fingerprint density at radius 1 is 1.39 bits per heavy atom. The third kappa shape index (κ3) is 1.45. The van der Waals surface area contributed by atoms with E-state index in [1.165, 1.54) is 15.4 Å². The van der Waals surface area contributed by atoms with Gasteiger partial charge in [0.2, 0.25) is 0 Å². The summed E-state index contributed by atoms with van der Waals surface area (Å²) in [6, 6.07) is 5.15. The Labute approximate surface area is 100 Å². The third-order valence-corrected chi connectivity index (χ3v) is 2.67. The molecule has 0 spiro atoms. The van der Waals surface area contributed by atoms with Crippen LogP contribution in [0.1, 0.15) is 10.5 Å². The first-order valence-corrected chi connectivity index (χ1v) is 5.16. The summed E-state index contributed by atoms with van der Waals surface area (Å²) in [6.45, 7) is 0. The summed E-state index contributed by atoms with van der Waals surface area (Å²) in [7, 11) is 1.62. The summed E-state index contributed by atoms with van der Waals surface area (Å²) in [5.41, 5.74) is 2.10. The molecular formula is C11H8N4O3. The van der Waals surface area contributed by atoms with Crippen LogP contribution in [0.15, 0.2) is 33.6 Å². The zero-order valence-corrected chi connectivity index (χ0v) is 9.40. The Kier molecular flexibility index (Phi) is 2.12. The number of carbonyl (C=O) groups is 1. The molecule has 0 bridgehead atoms. The molecule has 0 aliphatic rings. The van der Waals surface area contributed by atoms with Gasteiger partial charge in [-0.1, -0.05) is 5.21 Å². The van der Waals surface area contributed by atoms with Gasteiger partial charge in [-0.25, -0.2) is 9.48 Å². The fraction of sp³-hybridized carbons (Fsp3) is 0.0909. The minimum absolute atomic E-state index is 0.246. The highest BCUT2D eigenvalue weighted by molar-refractivity contribution is 5.76. The zero-order chi connectivity index (χ0) is 12.7. The molecule has 0 N–H and O–H groups in total. The maximum Gasteiger partial charge on any atom is 0.419 e. The minimum atomic E-state index is -0.422. The lowest BCUT2D eigenvalue weighted by Crippen LogP contribution is -2.08. The minimum Gasteiger partial charge on any atom is -0.408 e. The van der Waals surface area contributed by atoms with Gasteiger partial charge in [-0.3, -0.25) is 9.36 Å². The number of aryl methyl sites for hydroxylation is 1. The van der Waals surface area contributed by atoms with E-state index in [-0.39, 0.29) is 5.69 Å². The zero-order valence-electron chi connectivity index (χ0n) is 9.40. The van der Waals surface area contributed by atoms with Crippen LogP contribution in [0.5, 0.6) is 0 Å². The van der Waals surface area contributed by atoms with Crippen LogP contribution in [-0.4, -0.2) is 25.8 Å². The highest BCUT2D eigenvalue weighted by Gasteiger charge is 2.08. The Bertz CT molecular complexity index is 796. The van der Waals surface area contributed by atoms with Crippen LogP contribution in [0.2, 0.25) is 0 Å². The van der Waals surface area contributed by atoms with E-state index in [0.717, 1.165) is 0 Å². The Morgan fingerprint density at radius 3 is 2.94 bits per heavy atom. The summed E-state index contributed by atoms with van der Waals surface area (Å²) in [4.78, 5) is 21.9. The van der Waals surface area contributed by atoms with Crippen molar-refractivity contribution in [1.29, 1.82) is 0 Å². The van der Waals surface area contributed by atoms with E-state index in [9.17, 15) is 9.59 Å². The van der Waals surface area contributed by atoms with Crippen molar-refractivity contribution in [3.63, 3.8) is 0 Å². The van der Waals surface area contributed by atoms with Crippen molar-refractivity contribution in [1.82, 2.24) is 19.6 Å². The van der Waals surface area contributed by atoms with Crippen molar-refractivity contribution >= 4 is 17.4 Å². The summed E-state index contributed by atoms with van der Waals surface area (Å²) in [5.74, 6) is -0.422. The van der Waals surface area contributed by atoms with Gasteiger partial charge in [-0.15, -0.1) is 5.10 Å². The number of rotatable bonds is 2. The maximum atomic E-state index is 11.4. The van der Waals surface area contributed by atoms with Gasteiger partial charge in [0.1, 0.15) is 5.69 Å². The molecule has 2 aromatic heterocycles. The summed E-state index contributed by atoms with van der Waals surface area (Å²) >= 11 is 0. The number of aromatic nitrogens is 4. The van der Waals surface area contributed by atoms with E-state index < -0.39 is 5.76 Å². The molecule has 0 unspecified atom stereocenters. The molecule has 0 radical (unpaired) electrons. The summed E-state index contributed by atoms with van der Waals surface area (Å²) < 4.78 is 7.88. The van der Waals surface area contributed by atoms with Crippen molar-refractivity contribution < 1.29 is 9.21 Å². The predicted molar refractivity (Wildman–Crippen MR) is 61.8 cm³/mol. The van der Waals surface area contributed by atoms with Gasteiger partial charge in [0, 0.05) is 7.05 Å². The smallest absolute Gasteiger partial charge is 0.408 e. The molecule has 3 rings (SSSR count). The largest absolute Gasteiger partial charge is 0.419 e. The van der Waals surface area contributed by atoms with Crippen molar-refractivity contribution in [2.24, 2.45) is 7.05 Å². The number of hydrogen-bond acceptors (Lipinski definition) is 5. The highest BCUT2D eigenvalue weighted by atomic mass is 16.4. The normalized spacial score (nSPS) is 10.9. The highest BCUT2D eigenvalue weighted by Crippen LogP contribution is 2.16. The van der Waals surface area contributed by atoms with E-state index in [0.29, 0.717) is 23.1 Å². The molecule has 90 valence electrons. The van der Waals surface area contributed by atoms with Crippen molar-refractivity contribution in [2.75, 3.05) is 0 Å². The molecule has 3 aromatic rings. The molecule has 0 aliphatic heterocycles. The van der Waals surface area contributed by atoms with Crippen LogP contribution in [0.3, 0.4) is 0 Å². The topological polar surface area (TPSA) is 82.9 Å². The van der Waals surface area contributed by atoms with Gasteiger partial charge >= 0.3 is 5.76 Å². The first-order valence-electron chi connectivity index (χ1n) is 5.16. The standard InChI is InChI=1S/C11H8N4O3/c1-14-9-4-8(2-3-10(9)18-11(14)17)15-5-7(6-16)12-13-15/h2-6H,1H3. The fourth-order valence-electron chi connectivity index (χ4n) is 1.71. The number of carbonyl (C=O) groups excluding carboxylic acids is 1. The Balaban J connectivity index is 2.20. The van der Waals surface area contributed by atoms with E-state index in [1.807, 2.05) is 0 Å². The predicted octanol–water partition coefficient (Wildman–Crippen LogP) is 0.525. The second-order valence-electron chi connectivity index (χ2n) is 3.78. The van der Waals surface area contributed by atoms with Gasteiger partial charge < -0.3 is 4.42 Å². The lowest BCUT2D eigenvalue weighted by atomic mass is 10.3. The van der Waals surface area contributed by atoms with E-state index in [2.05, 4.69) is 10.3 Å². The molecule has 0 fully saturated rings. The molecule has 0 saturated carbocycles. The maximum absolute atomic E-state index is 11.4. The monoisotopic (exact) mass is 244 g/mol. The SMILES string of the molecule is Cn1c(=O)oc2ccc(-n3cc(C=O)nn3)cc21. The second kappa shape index (κ2) is 3.66. The van der Waals surface area contributed by atoms with Crippen molar-refractivity contribution in [2.45, 2.75) is 0 Å². The molecule has 7 nitrogen and oxygen atoms in total. The second-order valence-corrected chi connectivity index (χ2v) is 3.78. The lowest BCUT2D eigenvalue weighted by molar-refractivity contribution is 0.111. The van der Waals surface area contributed by atoms with Gasteiger partial charge in [-0.05, 0) is 18.2 Å². The van der Waals surface area contributed by atoms with Crippen LogP contribution < -0.4 is 5.76 Å². The van der Waals surface area contributed by atoms with Crippen LogP contribution in [0.25, 0.3) is 16.8 Å². The van der Waals surface area contributed by atoms with Gasteiger partial charge in [0.05, 0.1) is 17.4 Å². The Morgan fingerprint density at radius 2 is 2.22 bits per heavy atom. The molecule has 18 heavy (non-hydrogen) atoms. The molecule has 0 aliphatic carbocycles. The van der Waals surface area contributed by atoms with E-state index >= 15 is 0 Å². The van der Waals surface area contributed by atoms with Crippen LogP contribution >= 0.6 is 0 Å². The molecule has 0 amide bonds. The first-order chi connectivity index (χ1) is 8.69. The van der Waals surface area contributed by atoms with Crippen LogP contribution in [0.4, 0.5) is 0 Å². The number of fused-ring (bicyclic) bond motifs is 1. The van der Waals surface area contributed by atoms with Crippen molar-refractivity contribution in [3.05, 3.63) is 40.6 Å². The molecule has 0 saturated heterocycles. The van der Waals surface area contributed by atoms with Crippen LogP contribution in [-0.2, 0) is 7.05 Å². The molecular weight excluding hydrogens is 236 g/mol. The van der Waals surface area contributed by atoms with E-state index in [4.69, 9.17) is 4.42 Å². The van der Waals surface area contributed by atoms with Gasteiger partial charge in [0.25, 0.3) is 0 Å².